The molecule has 2 aromatic rings. The lowest BCUT2D eigenvalue weighted by Gasteiger charge is -2.25. The van der Waals surface area contributed by atoms with Crippen molar-refractivity contribution in [3.63, 3.8) is 0 Å². The fraction of sp³-hybridized carbons (Fsp3) is 0.455. The first kappa shape index (κ1) is 17.8. The Morgan fingerprint density at radius 2 is 2.07 bits per heavy atom. The number of hydrogen-bond acceptors (Lipinski definition) is 4. The molecule has 1 atom stereocenters. The Morgan fingerprint density at radius 3 is 2.81 bits per heavy atom. The molecule has 0 spiro atoms. The Morgan fingerprint density at radius 1 is 1.26 bits per heavy atom. The van der Waals surface area contributed by atoms with E-state index in [2.05, 4.69) is 23.5 Å². The fourth-order valence-corrected chi connectivity index (χ4v) is 4.45. The molecular formula is C22H26N2O3. The molecule has 2 aromatic carbocycles. The van der Waals surface area contributed by atoms with Crippen molar-refractivity contribution in [1.82, 2.24) is 5.32 Å². The monoisotopic (exact) mass is 366 g/mol. The number of aldehydes is 1. The average Bonchev–Trinajstić information content (AvgIpc) is 3.09. The highest BCUT2D eigenvalue weighted by Crippen LogP contribution is 2.46. The molecule has 1 aliphatic carbocycles. The van der Waals surface area contributed by atoms with Gasteiger partial charge in [-0.15, -0.1) is 0 Å². The van der Waals surface area contributed by atoms with Crippen LogP contribution in [-0.4, -0.2) is 25.3 Å². The van der Waals surface area contributed by atoms with Gasteiger partial charge in [-0.3, -0.25) is 4.79 Å². The van der Waals surface area contributed by atoms with Gasteiger partial charge in [0.25, 0.3) is 0 Å². The van der Waals surface area contributed by atoms with Crippen LogP contribution in [0.1, 0.15) is 56.4 Å². The van der Waals surface area contributed by atoms with E-state index in [1.807, 2.05) is 12.1 Å². The molecule has 1 heterocycles. The van der Waals surface area contributed by atoms with Gasteiger partial charge in [-0.05, 0) is 48.3 Å². The molecule has 4 rings (SSSR count). The first-order valence-corrected chi connectivity index (χ1v) is 9.91. The van der Waals surface area contributed by atoms with E-state index in [1.54, 1.807) is 12.1 Å². The van der Waals surface area contributed by atoms with Gasteiger partial charge in [-0.25, -0.2) is 0 Å². The van der Waals surface area contributed by atoms with E-state index in [9.17, 15) is 9.59 Å². The minimum absolute atomic E-state index is 0.0728. The van der Waals surface area contributed by atoms with E-state index < -0.39 is 6.04 Å². The normalized spacial score (nSPS) is 17.6. The van der Waals surface area contributed by atoms with Crippen molar-refractivity contribution in [2.45, 2.75) is 56.9 Å². The molecule has 27 heavy (non-hydrogen) atoms. The lowest BCUT2D eigenvalue weighted by Crippen LogP contribution is -2.38. The molecule has 0 bridgehead atoms. The number of anilines is 1. The maximum Gasteiger partial charge on any atom is 0.219 e. The van der Waals surface area contributed by atoms with Gasteiger partial charge in [-0.1, -0.05) is 37.5 Å². The summed E-state index contributed by atoms with van der Waals surface area (Å²) in [7, 11) is 1.61. The van der Waals surface area contributed by atoms with Crippen LogP contribution >= 0.6 is 0 Å². The van der Waals surface area contributed by atoms with Crippen LogP contribution in [0.2, 0.25) is 0 Å². The van der Waals surface area contributed by atoms with E-state index >= 15 is 0 Å². The van der Waals surface area contributed by atoms with Crippen LogP contribution < -0.4 is 15.2 Å². The Balaban J connectivity index is 1.68. The number of amides is 1. The fourth-order valence-electron chi connectivity index (χ4n) is 4.45. The summed E-state index contributed by atoms with van der Waals surface area (Å²) in [6, 6.07) is 9.95. The molecular weight excluding hydrogens is 340 g/mol. The maximum atomic E-state index is 11.7. The van der Waals surface area contributed by atoms with Crippen molar-refractivity contribution in [3.05, 3.63) is 35.9 Å². The highest BCUT2D eigenvalue weighted by Gasteiger charge is 2.31. The van der Waals surface area contributed by atoms with Crippen LogP contribution in [0.5, 0.6) is 5.75 Å². The second-order valence-electron chi connectivity index (χ2n) is 7.52. The maximum absolute atomic E-state index is 11.7. The Bertz CT molecular complexity index is 858. The Kier molecular flexibility index (Phi) is 5.01. The van der Waals surface area contributed by atoms with Crippen LogP contribution in [0.25, 0.3) is 10.8 Å². The van der Waals surface area contributed by atoms with Gasteiger partial charge in [0.1, 0.15) is 12.3 Å². The predicted octanol–water partition coefficient (Wildman–Crippen LogP) is 4.10. The second-order valence-corrected chi connectivity index (χ2v) is 7.52. The van der Waals surface area contributed by atoms with E-state index in [1.165, 1.54) is 43.1 Å². The van der Waals surface area contributed by atoms with Crippen molar-refractivity contribution >= 4 is 28.7 Å². The number of rotatable bonds is 6. The molecule has 0 radical (unpaired) electrons. The quantitative estimate of drug-likeness (QED) is 0.782. The summed E-state index contributed by atoms with van der Waals surface area (Å²) < 4.78 is 0. The van der Waals surface area contributed by atoms with Crippen molar-refractivity contribution in [1.29, 1.82) is 0 Å². The highest BCUT2D eigenvalue weighted by molar-refractivity contribution is 6.03. The van der Waals surface area contributed by atoms with Crippen molar-refractivity contribution < 1.29 is 14.4 Å². The molecule has 1 saturated carbocycles. The van der Waals surface area contributed by atoms with E-state index in [0.717, 1.165) is 23.1 Å². The molecule has 1 N–H and O–H groups in total. The zero-order valence-electron chi connectivity index (χ0n) is 15.7. The first-order valence-electron chi connectivity index (χ1n) is 9.91. The standard InChI is InChI=1S/C22H26N2O3/c1-23-21(26)13-10-16(14-25)24-19-12-11-17(15-6-3-2-4-7-15)18-8-5-9-20(27-24)22(18)19/h5,8-9,11-12,14-16H,2-4,6-7,10,13H2,1H3,(H,23,26). The summed E-state index contributed by atoms with van der Waals surface area (Å²) in [6.07, 6.45) is 7.99. The van der Waals surface area contributed by atoms with Gasteiger partial charge in [0.2, 0.25) is 5.91 Å². The number of hydroxylamine groups is 1. The molecule has 1 unspecified atom stereocenters. The van der Waals surface area contributed by atoms with Gasteiger partial charge in [-0.2, -0.15) is 5.06 Å². The topological polar surface area (TPSA) is 58.6 Å². The predicted molar refractivity (Wildman–Crippen MR) is 106 cm³/mol. The molecule has 142 valence electrons. The average molecular weight is 366 g/mol. The first-order chi connectivity index (χ1) is 13.2. The summed E-state index contributed by atoms with van der Waals surface area (Å²) in [5, 5.41) is 6.60. The Hall–Kier alpha value is -2.56. The Labute approximate surface area is 159 Å². The molecule has 1 aliphatic heterocycles. The van der Waals surface area contributed by atoms with Gasteiger partial charge >= 0.3 is 0 Å². The third kappa shape index (κ3) is 3.27. The molecule has 1 amide bonds. The van der Waals surface area contributed by atoms with E-state index in [0.29, 0.717) is 18.8 Å². The molecule has 5 heteroatoms. The van der Waals surface area contributed by atoms with Gasteiger partial charge in [0, 0.05) is 13.5 Å². The lowest BCUT2D eigenvalue weighted by molar-refractivity contribution is -0.120. The molecule has 1 fully saturated rings. The van der Waals surface area contributed by atoms with Gasteiger partial charge in [0.05, 0.1) is 11.1 Å². The SMILES string of the molecule is CNC(=O)CCC(C=O)N1Oc2cccc3c(C4CCCCC4)ccc1c23. The number of benzene rings is 2. The second kappa shape index (κ2) is 7.59. The van der Waals surface area contributed by atoms with Crippen LogP contribution in [0.3, 0.4) is 0 Å². The third-order valence-corrected chi connectivity index (χ3v) is 5.90. The molecule has 5 nitrogen and oxygen atoms in total. The zero-order chi connectivity index (χ0) is 18.8. The number of nitrogens with zero attached hydrogens (tertiary/aromatic N) is 1. The largest absolute Gasteiger partial charge is 0.378 e. The number of carbonyl (C=O) groups is 2. The van der Waals surface area contributed by atoms with Crippen LogP contribution in [0.15, 0.2) is 30.3 Å². The summed E-state index contributed by atoms with van der Waals surface area (Å²) in [5.74, 6) is 1.33. The van der Waals surface area contributed by atoms with Crippen LogP contribution in [0.4, 0.5) is 5.69 Å². The third-order valence-electron chi connectivity index (χ3n) is 5.90. The van der Waals surface area contributed by atoms with Crippen molar-refractivity contribution in [3.8, 4) is 5.75 Å². The smallest absolute Gasteiger partial charge is 0.219 e. The summed E-state index contributed by atoms with van der Waals surface area (Å²) in [5.41, 5.74) is 2.32. The van der Waals surface area contributed by atoms with Gasteiger partial charge in [0.15, 0.2) is 5.75 Å². The summed E-state index contributed by atoms with van der Waals surface area (Å²) in [4.78, 5) is 29.4. The van der Waals surface area contributed by atoms with E-state index in [-0.39, 0.29) is 5.91 Å². The van der Waals surface area contributed by atoms with E-state index in [4.69, 9.17) is 4.84 Å². The highest BCUT2D eigenvalue weighted by atomic mass is 16.7. The van der Waals surface area contributed by atoms with Crippen LogP contribution in [0, 0.1) is 0 Å². The van der Waals surface area contributed by atoms with Crippen LogP contribution in [-0.2, 0) is 9.59 Å². The molecule has 0 saturated heterocycles. The lowest BCUT2D eigenvalue weighted by atomic mass is 9.82. The number of hydrogen-bond donors (Lipinski definition) is 1. The summed E-state index contributed by atoms with van der Waals surface area (Å²) in [6.45, 7) is 0. The minimum Gasteiger partial charge on any atom is -0.378 e. The molecule has 0 aromatic heterocycles. The minimum atomic E-state index is -0.488. The number of carbonyl (C=O) groups excluding carboxylic acids is 2. The zero-order valence-corrected chi connectivity index (χ0v) is 15.7. The van der Waals surface area contributed by atoms with Gasteiger partial charge < -0.3 is 14.9 Å². The number of nitrogens with one attached hydrogen (secondary N) is 1. The molecule has 2 aliphatic rings. The van der Waals surface area contributed by atoms with Crippen molar-refractivity contribution in [2.24, 2.45) is 0 Å². The summed E-state index contributed by atoms with van der Waals surface area (Å²) >= 11 is 0. The van der Waals surface area contributed by atoms with Crippen molar-refractivity contribution in [2.75, 3.05) is 12.1 Å².